The van der Waals surface area contributed by atoms with Gasteiger partial charge >= 0.3 is 0 Å². The van der Waals surface area contributed by atoms with Crippen molar-refractivity contribution in [2.45, 2.75) is 30.7 Å². The summed E-state index contributed by atoms with van der Waals surface area (Å²) in [5.41, 5.74) is -3.02. The van der Waals surface area contributed by atoms with Crippen LogP contribution in [0.4, 0.5) is 0 Å². The molecule has 0 spiro atoms. The standard InChI is InChI=1S/C32H40O14S2/c1-39-23-13-21-15-31(33,18-45-47(6,35)36)32(34,19-46-48(7,37)38)16-22-14-24(40-2)28(44-17-20-11-9-8-10-12-20)30(43-5)26(22)25(21)29(42-4)27(23)41-3/h8-14,33-34H,15-19H2,1-7H3/t31-,32+/m0/s1. The third-order valence-electron chi connectivity index (χ3n) is 7.95. The number of benzene rings is 3. The van der Waals surface area contributed by atoms with E-state index in [4.69, 9.17) is 36.8 Å². The fourth-order valence-electron chi connectivity index (χ4n) is 5.65. The highest BCUT2D eigenvalue weighted by molar-refractivity contribution is 7.86. The fraction of sp³-hybridized carbons (Fsp3) is 0.438. The maximum atomic E-state index is 12.3. The van der Waals surface area contributed by atoms with Gasteiger partial charge in [-0.05, 0) is 28.8 Å². The zero-order valence-corrected chi connectivity index (χ0v) is 29.3. The first-order valence-electron chi connectivity index (χ1n) is 14.4. The van der Waals surface area contributed by atoms with E-state index in [0.717, 1.165) is 18.1 Å². The molecule has 48 heavy (non-hydrogen) atoms. The van der Waals surface area contributed by atoms with Crippen molar-refractivity contribution in [1.82, 2.24) is 0 Å². The van der Waals surface area contributed by atoms with Gasteiger partial charge in [-0.3, -0.25) is 8.37 Å². The number of rotatable bonds is 14. The summed E-state index contributed by atoms with van der Waals surface area (Å²) in [4.78, 5) is 0. The van der Waals surface area contributed by atoms with E-state index >= 15 is 0 Å². The van der Waals surface area contributed by atoms with Crippen LogP contribution in [-0.4, -0.2) is 99.5 Å². The molecule has 0 saturated heterocycles. The minimum absolute atomic E-state index is 0.122. The molecule has 16 heteroatoms. The average Bonchev–Trinajstić information content (AvgIpc) is 3.04. The van der Waals surface area contributed by atoms with E-state index in [9.17, 15) is 27.0 Å². The first kappa shape index (κ1) is 37.0. The number of hydrogen-bond donors (Lipinski definition) is 2. The first-order chi connectivity index (χ1) is 22.5. The van der Waals surface area contributed by atoms with Gasteiger partial charge in [-0.15, -0.1) is 0 Å². The summed E-state index contributed by atoms with van der Waals surface area (Å²) in [6.45, 7) is -1.84. The maximum absolute atomic E-state index is 12.3. The quantitative estimate of drug-likeness (QED) is 0.233. The highest BCUT2D eigenvalue weighted by atomic mass is 32.2. The molecule has 0 fully saturated rings. The maximum Gasteiger partial charge on any atom is 0.264 e. The fourth-order valence-corrected chi connectivity index (χ4v) is 6.47. The minimum Gasteiger partial charge on any atom is -0.493 e. The Morgan fingerprint density at radius 3 is 1.44 bits per heavy atom. The third kappa shape index (κ3) is 7.74. The molecule has 0 aromatic heterocycles. The lowest BCUT2D eigenvalue weighted by Gasteiger charge is -2.45. The number of methoxy groups -OCH3 is 5. The molecule has 2 atom stereocenters. The van der Waals surface area contributed by atoms with Crippen molar-refractivity contribution in [3.63, 3.8) is 0 Å². The van der Waals surface area contributed by atoms with Gasteiger partial charge in [-0.2, -0.15) is 16.8 Å². The molecule has 0 aliphatic heterocycles. The van der Waals surface area contributed by atoms with Crippen molar-refractivity contribution in [3.8, 4) is 45.6 Å². The molecule has 0 saturated carbocycles. The molecule has 3 aromatic carbocycles. The minimum atomic E-state index is -4.17. The Morgan fingerprint density at radius 2 is 1.04 bits per heavy atom. The van der Waals surface area contributed by atoms with Crippen LogP contribution in [0.3, 0.4) is 0 Å². The van der Waals surface area contributed by atoms with Crippen LogP contribution in [0, 0.1) is 0 Å². The monoisotopic (exact) mass is 712 g/mol. The lowest BCUT2D eigenvalue weighted by molar-refractivity contribution is -0.180. The van der Waals surface area contributed by atoms with Gasteiger partial charge in [0, 0.05) is 24.0 Å². The Bertz CT molecular complexity index is 1840. The number of fused-ring (bicyclic) bond motifs is 3. The van der Waals surface area contributed by atoms with Crippen molar-refractivity contribution >= 4 is 20.2 Å². The van der Waals surface area contributed by atoms with Crippen LogP contribution >= 0.6 is 0 Å². The zero-order chi connectivity index (χ0) is 35.5. The van der Waals surface area contributed by atoms with E-state index < -0.39 is 57.5 Å². The van der Waals surface area contributed by atoms with Crippen LogP contribution in [0.5, 0.6) is 34.5 Å². The second-order valence-electron chi connectivity index (χ2n) is 11.3. The normalized spacial score (nSPS) is 19.3. The lowest BCUT2D eigenvalue weighted by Crippen LogP contribution is -2.63. The Kier molecular flexibility index (Phi) is 11.1. The molecule has 0 unspecified atom stereocenters. The van der Waals surface area contributed by atoms with Crippen LogP contribution in [0.25, 0.3) is 11.1 Å². The molecule has 0 bridgehead atoms. The van der Waals surface area contributed by atoms with Crippen LogP contribution in [0.2, 0.25) is 0 Å². The Hall–Kier alpha value is -3.80. The van der Waals surface area contributed by atoms with Crippen LogP contribution in [0.15, 0.2) is 42.5 Å². The molecule has 14 nitrogen and oxygen atoms in total. The van der Waals surface area contributed by atoms with Gasteiger partial charge in [-0.25, -0.2) is 0 Å². The molecule has 0 heterocycles. The Morgan fingerprint density at radius 1 is 0.625 bits per heavy atom. The van der Waals surface area contributed by atoms with Crippen molar-refractivity contribution in [3.05, 3.63) is 59.2 Å². The van der Waals surface area contributed by atoms with E-state index in [1.165, 1.54) is 47.7 Å². The number of aliphatic hydroxyl groups is 2. The summed E-state index contributed by atoms with van der Waals surface area (Å²) in [5.74, 6) is 1.01. The van der Waals surface area contributed by atoms with Crippen molar-refractivity contribution in [1.29, 1.82) is 0 Å². The molecule has 264 valence electrons. The first-order valence-corrected chi connectivity index (χ1v) is 18.1. The summed E-state index contributed by atoms with van der Waals surface area (Å²) in [5, 5.41) is 24.6. The Labute approximate surface area is 280 Å². The van der Waals surface area contributed by atoms with Gasteiger partial charge in [-0.1, -0.05) is 30.3 Å². The summed E-state index contributed by atoms with van der Waals surface area (Å²) in [7, 11) is -1.33. The number of hydrogen-bond acceptors (Lipinski definition) is 14. The molecule has 0 amide bonds. The SMILES string of the molecule is COc1cc2c(c(OC)c1OC)-c1c(cc(OC)c(OCc3ccccc3)c1OC)C[C@@](O)(COS(C)(=O)=O)[C@@](O)(COS(C)(=O)=O)C2. The van der Waals surface area contributed by atoms with Crippen LogP contribution < -0.4 is 28.4 Å². The molecular formula is C32H40O14S2. The van der Waals surface area contributed by atoms with E-state index in [0.29, 0.717) is 11.1 Å². The summed E-state index contributed by atoms with van der Waals surface area (Å²) < 4.78 is 93.8. The van der Waals surface area contributed by atoms with Gasteiger partial charge in [0.1, 0.15) is 17.8 Å². The second-order valence-corrected chi connectivity index (χ2v) is 14.6. The molecule has 0 radical (unpaired) electrons. The summed E-state index contributed by atoms with van der Waals surface area (Å²) >= 11 is 0. The van der Waals surface area contributed by atoms with Crippen LogP contribution in [-0.2, 0) is 48.1 Å². The van der Waals surface area contributed by atoms with E-state index in [-0.39, 0.29) is 52.2 Å². The summed E-state index contributed by atoms with van der Waals surface area (Å²) in [6, 6.07) is 12.4. The highest BCUT2D eigenvalue weighted by Gasteiger charge is 2.54. The third-order valence-corrected chi connectivity index (χ3v) is 9.04. The predicted octanol–water partition coefficient (Wildman–Crippen LogP) is 2.49. The highest BCUT2D eigenvalue weighted by Crippen LogP contribution is 2.56. The van der Waals surface area contributed by atoms with Gasteiger partial charge in [0.15, 0.2) is 23.0 Å². The Balaban J connectivity index is 2.12. The van der Waals surface area contributed by atoms with Crippen molar-refractivity contribution in [2.75, 3.05) is 61.3 Å². The average molecular weight is 713 g/mol. The largest absolute Gasteiger partial charge is 0.493 e. The van der Waals surface area contributed by atoms with Gasteiger partial charge in [0.25, 0.3) is 20.2 Å². The summed E-state index contributed by atoms with van der Waals surface area (Å²) in [6.07, 6.45) is 0.508. The molecule has 3 aromatic rings. The number of ether oxygens (including phenoxy) is 6. The molecule has 1 aliphatic carbocycles. The molecule has 2 N–H and O–H groups in total. The van der Waals surface area contributed by atoms with Crippen LogP contribution in [0.1, 0.15) is 16.7 Å². The molecule has 1 aliphatic rings. The zero-order valence-electron chi connectivity index (χ0n) is 27.7. The van der Waals surface area contributed by atoms with E-state index in [1.54, 1.807) is 0 Å². The smallest absolute Gasteiger partial charge is 0.264 e. The molecule has 4 rings (SSSR count). The van der Waals surface area contributed by atoms with Crippen molar-refractivity contribution in [2.24, 2.45) is 0 Å². The van der Waals surface area contributed by atoms with Gasteiger partial charge in [0.05, 0.1) is 61.3 Å². The van der Waals surface area contributed by atoms with E-state index in [2.05, 4.69) is 0 Å². The second kappa shape index (κ2) is 14.4. The molecular weight excluding hydrogens is 672 g/mol. The predicted molar refractivity (Wildman–Crippen MR) is 174 cm³/mol. The van der Waals surface area contributed by atoms with Gasteiger partial charge < -0.3 is 38.6 Å². The van der Waals surface area contributed by atoms with Gasteiger partial charge in [0.2, 0.25) is 11.5 Å². The van der Waals surface area contributed by atoms with Crippen molar-refractivity contribution < 1.29 is 63.8 Å². The topological polar surface area (TPSA) is 183 Å². The lowest BCUT2D eigenvalue weighted by atomic mass is 9.71. The van der Waals surface area contributed by atoms with E-state index in [1.807, 2.05) is 30.3 Å².